The molecule has 1 N–H and O–H groups in total. The summed E-state index contributed by atoms with van der Waals surface area (Å²) in [7, 11) is 0. The van der Waals surface area contributed by atoms with Crippen LogP contribution >= 0.6 is 0 Å². The molecule has 1 heterocycles. The molecule has 0 saturated heterocycles. The average Bonchev–Trinajstić information content (AvgIpc) is 3.24. The van der Waals surface area contributed by atoms with E-state index >= 15 is 0 Å². The number of hydrogen-bond donors (Lipinski definition) is 1. The van der Waals surface area contributed by atoms with Crippen LogP contribution in [0.25, 0.3) is 0 Å². The van der Waals surface area contributed by atoms with Crippen LogP contribution in [0.15, 0.2) is 58.9 Å². The van der Waals surface area contributed by atoms with Crippen molar-refractivity contribution in [1.82, 2.24) is 4.90 Å². The molecule has 29 heavy (non-hydrogen) atoms. The Hall–Kier alpha value is -3.35. The van der Waals surface area contributed by atoms with Crippen LogP contribution in [0, 0.1) is 0 Å². The molecule has 2 aromatic rings. The number of nitrogens with zero attached hydrogens (tertiary/aromatic N) is 1. The van der Waals surface area contributed by atoms with Gasteiger partial charge < -0.3 is 19.4 Å². The van der Waals surface area contributed by atoms with Gasteiger partial charge in [-0.15, -0.1) is 0 Å². The second kappa shape index (κ2) is 9.73. The van der Waals surface area contributed by atoms with Gasteiger partial charge in [-0.25, -0.2) is 4.79 Å². The van der Waals surface area contributed by atoms with Crippen LogP contribution in [0.5, 0.6) is 0 Å². The Balaban J connectivity index is 1.62. The fourth-order valence-corrected chi connectivity index (χ4v) is 3.16. The van der Waals surface area contributed by atoms with E-state index in [1.165, 1.54) is 6.92 Å². The van der Waals surface area contributed by atoms with Crippen molar-refractivity contribution >= 4 is 23.5 Å². The Morgan fingerprint density at radius 1 is 1.14 bits per heavy atom. The van der Waals surface area contributed by atoms with E-state index in [4.69, 9.17) is 9.15 Å². The number of benzene rings is 1. The first-order valence-electron chi connectivity index (χ1n) is 9.59. The number of anilines is 1. The summed E-state index contributed by atoms with van der Waals surface area (Å²) >= 11 is 0. The molecule has 3 rings (SSSR count). The molecule has 0 bridgehead atoms. The first kappa shape index (κ1) is 20.4. The molecule has 152 valence electrons. The third-order valence-electron chi connectivity index (χ3n) is 4.58. The lowest BCUT2D eigenvalue weighted by molar-refractivity contribution is -0.133. The summed E-state index contributed by atoms with van der Waals surface area (Å²) < 4.78 is 10.6. The Morgan fingerprint density at radius 2 is 1.93 bits per heavy atom. The molecule has 0 saturated carbocycles. The van der Waals surface area contributed by atoms with Gasteiger partial charge >= 0.3 is 5.97 Å². The molecule has 1 aliphatic carbocycles. The molecule has 1 aliphatic rings. The van der Waals surface area contributed by atoms with Crippen molar-refractivity contribution < 1.29 is 23.5 Å². The molecule has 0 atom stereocenters. The quantitative estimate of drug-likeness (QED) is 0.718. The van der Waals surface area contributed by atoms with Crippen molar-refractivity contribution in [2.45, 2.75) is 39.2 Å². The van der Waals surface area contributed by atoms with Crippen LogP contribution in [-0.2, 0) is 20.9 Å². The standard InChI is InChI=1S/C22H24N2O5/c1-16(25)23-18-11-9-17(10-12-18)22(27)29-15-21(26)24(14-20-8-5-13-28-20)19-6-3-2-4-7-19/h5-6,8-13H,2-4,7,14-15H2,1H3,(H,23,25). The number of hydrogen-bond acceptors (Lipinski definition) is 5. The molecule has 0 aliphatic heterocycles. The smallest absolute Gasteiger partial charge is 0.338 e. The maximum atomic E-state index is 12.8. The minimum atomic E-state index is -0.594. The Bertz CT molecular complexity index is 884. The number of furan rings is 1. The van der Waals surface area contributed by atoms with Crippen LogP contribution in [0.4, 0.5) is 5.69 Å². The fraction of sp³-hybridized carbons (Fsp3) is 0.318. The predicted octanol–water partition coefficient (Wildman–Crippen LogP) is 3.88. The highest BCUT2D eigenvalue weighted by Gasteiger charge is 2.22. The molecule has 1 aromatic heterocycles. The Morgan fingerprint density at radius 3 is 2.55 bits per heavy atom. The van der Waals surface area contributed by atoms with Crippen molar-refractivity contribution in [2.75, 3.05) is 11.9 Å². The van der Waals surface area contributed by atoms with Gasteiger partial charge in [-0.2, -0.15) is 0 Å². The number of carbonyl (C=O) groups excluding carboxylic acids is 3. The zero-order valence-corrected chi connectivity index (χ0v) is 16.3. The normalized spacial score (nSPS) is 13.3. The Labute approximate surface area is 169 Å². The van der Waals surface area contributed by atoms with E-state index in [0.717, 1.165) is 31.4 Å². The lowest BCUT2D eigenvalue weighted by atomic mass is 10.0. The van der Waals surface area contributed by atoms with Gasteiger partial charge in [0.1, 0.15) is 5.76 Å². The fourth-order valence-electron chi connectivity index (χ4n) is 3.16. The first-order valence-corrected chi connectivity index (χ1v) is 9.59. The number of allylic oxidation sites excluding steroid dienone is 2. The van der Waals surface area contributed by atoms with Crippen LogP contribution in [0.1, 0.15) is 48.7 Å². The monoisotopic (exact) mass is 396 g/mol. The van der Waals surface area contributed by atoms with E-state index < -0.39 is 5.97 Å². The number of carbonyl (C=O) groups is 3. The highest BCUT2D eigenvalue weighted by Crippen LogP contribution is 2.23. The van der Waals surface area contributed by atoms with Gasteiger partial charge in [-0.1, -0.05) is 6.08 Å². The van der Waals surface area contributed by atoms with Crippen molar-refractivity contribution in [3.63, 3.8) is 0 Å². The maximum Gasteiger partial charge on any atom is 0.338 e. The summed E-state index contributed by atoms with van der Waals surface area (Å²) in [5.41, 5.74) is 1.83. The summed E-state index contributed by atoms with van der Waals surface area (Å²) in [6.45, 7) is 1.36. The molecule has 2 amide bonds. The molecular weight excluding hydrogens is 372 g/mol. The second-order valence-corrected chi connectivity index (χ2v) is 6.84. The molecule has 7 heteroatoms. The van der Waals surface area contributed by atoms with Gasteiger partial charge in [0.2, 0.25) is 5.91 Å². The van der Waals surface area contributed by atoms with Crippen molar-refractivity contribution in [3.05, 3.63) is 65.8 Å². The van der Waals surface area contributed by atoms with Gasteiger partial charge in [0.15, 0.2) is 6.61 Å². The highest BCUT2D eigenvalue weighted by molar-refractivity contribution is 5.93. The number of esters is 1. The van der Waals surface area contributed by atoms with Gasteiger partial charge in [-0.05, 0) is 62.1 Å². The molecule has 7 nitrogen and oxygen atoms in total. The highest BCUT2D eigenvalue weighted by atomic mass is 16.5. The lowest BCUT2D eigenvalue weighted by Crippen LogP contribution is -2.34. The first-order chi connectivity index (χ1) is 14.0. The summed E-state index contributed by atoms with van der Waals surface area (Å²) in [6, 6.07) is 9.89. The molecule has 0 spiro atoms. The van der Waals surface area contributed by atoms with E-state index in [-0.39, 0.29) is 18.4 Å². The summed E-state index contributed by atoms with van der Waals surface area (Å²) in [5.74, 6) is -0.412. The van der Waals surface area contributed by atoms with Crippen LogP contribution < -0.4 is 5.32 Å². The zero-order chi connectivity index (χ0) is 20.6. The summed E-state index contributed by atoms with van der Waals surface area (Å²) in [4.78, 5) is 37.8. The second-order valence-electron chi connectivity index (χ2n) is 6.84. The number of nitrogens with one attached hydrogen (secondary N) is 1. The minimum Gasteiger partial charge on any atom is -0.467 e. The molecule has 0 radical (unpaired) electrons. The average molecular weight is 396 g/mol. The molecule has 1 aromatic carbocycles. The van der Waals surface area contributed by atoms with Crippen LogP contribution in [0.2, 0.25) is 0 Å². The third-order valence-corrected chi connectivity index (χ3v) is 4.58. The minimum absolute atomic E-state index is 0.195. The number of ether oxygens (including phenoxy) is 1. The van der Waals surface area contributed by atoms with E-state index in [1.807, 2.05) is 6.07 Å². The van der Waals surface area contributed by atoms with Gasteiger partial charge in [-0.3, -0.25) is 9.59 Å². The van der Waals surface area contributed by atoms with E-state index in [0.29, 0.717) is 23.6 Å². The van der Waals surface area contributed by atoms with Crippen molar-refractivity contribution in [3.8, 4) is 0 Å². The largest absolute Gasteiger partial charge is 0.467 e. The van der Waals surface area contributed by atoms with E-state index in [9.17, 15) is 14.4 Å². The predicted molar refractivity (Wildman–Crippen MR) is 107 cm³/mol. The molecular formula is C22H24N2O5. The van der Waals surface area contributed by atoms with Gasteiger partial charge in [0, 0.05) is 18.3 Å². The zero-order valence-electron chi connectivity index (χ0n) is 16.3. The Kier molecular flexibility index (Phi) is 6.84. The van der Waals surface area contributed by atoms with Gasteiger partial charge in [0.05, 0.1) is 18.4 Å². The van der Waals surface area contributed by atoms with Crippen molar-refractivity contribution in [2.24, 2.45) is 0 Å². The maximum absolute atomic E-state index is 12.8. The summed E-state index contributed by atoms with van der Waals surface area (Å²) in [5, 5.41) is 2.63. The number of rotatable bonds is 7. The van der Waals surface area contributed by atoms with Crippen LogP contribution in [0.3, 0.4) is 0 Å². The number of amides is 2. The van der Waals surface area contributed by atoms with Crippen molar-refractivity contribution in [1.29, 1.82) is 0 Å². The summed E-state index contributed by atoms with van der Waals surface area (Å²) in [6.07, 6.45) is 7.50. The van der Waals surface area contributed by atoms with E-state index in [1.54, 1.807) is 41.5 Å². The van der Waals surface area contributed by atoms with E-state index in [2.05, 4.69) is 11.4 Å². The molecule has 0 unspecified atom stereocenters. The third kappa shape index (κ3) is 5.81. The van der Waals surface area contributed by atoms with Gasteiger partial charge in [0.25, 0.3) is 5.91 Å². The SMILES string of the molecule is CC(=O)Nc1ccc(C(=O)OCC(=O)N(Cc2ccco2)C2=CCCCC2)cc1. The lowest BCUT2D eigenvalue weighted by Gasteiger charge is -2.26. The topological polar surface area (TPSA) is 88.8 Å². The molecule has 0 fully saturated rings. The van der Waals surface area contributed by atoms with Crippen LogP contribution in [-0.4, -0.2) is 29.3 Å².